The number of nitriles is 1. The van der Waals surface area contributed by atoms with Gasteiger partial charge >= 0.3 is 0 Å². The first-order valence-electron chi connectivity index (χ1n) is 6.56. The van der Waals surface area contributed by atoms with Gasteiger partial charge in [0.2, 0.25) is 0 Å². The molecule has 3 N–H and O–H groups in total. The number of phenols is 2. The van der Waals surface area contributed by atoms with Crippen LogP contribution in [0.15, 0.2) is 54.1 Å². The molecule has 0 bridgehead atoms. The maximum atomic E-state index is 9.47. The van der Waals surface area contributed by atoms with E-state index >= 15 is 0 Å². The molecule has 0 heterocycles. The third-order valence-electron chi connectivity index (χ3n) is 2.97. The molecule has 2 aromatic carbocycles. The summed E-state index contributed by atoms with van der Waals surface area (Å²) in [7, 11) is 0. The average molecular weight is 310 g/mol. The van der Waals surface area contributed by atoms with E-state index < -0.39 is 0 Å². The van der Waals surface area contributed by atoms with Crippen LogP contribution in [-0.4, -0.2) is 15.2 Å². The number of phenolic OH excluding ortho intramolecular Hbond substituents is 2. The molecule has 0 saturated carbocycles. The van der Waals surface area contributed by atoms with Crippen LogP contribution in [0.5, 0.6) is 11.5 Å². The van der Waals surface area contributed by atoms with Gasteiger partial charge in [-0.05, 0) is 29.3 Å². The summed E-state index contributed by atoms with van der Waals surface area (Å²) in [5, 5.41) is 31.0. The Morgan fingerprint density at radius 3 is 2.50 bits per heavy atom. The summed E-state index contributed by atoms with van der Waals surface area (Å²) in [5.74, 6) is -0.449. The third-order valence-corrected chi connectivity index (χ3v) is 3.34. The molecule has 0 unspecified atom stereocenters. The van der Waals surface area contributed by atoms with E-state index in [1.807, 2.05) is 36.4 Å². The highest BCUT2D eigenvalue weighted by Gasteiger charge is 2.06. The molecule has 110 valence electrons. The highest BCUT2D eigenvalue weighted by atomic mass is 32.1. The lowest BCUT2D eigenvalue weighted by molar-refractivity contribution is 0.403. The number of benzene rings is 2. The summed E-state index contributed by atoms with van der Waals surface area (Å²) in [5.41, 5.74) is 1.93. The van der Waals surface area contributed by atoms with E-state index in [4.69, 9.17) is 12.2 Å². The zero-order chi connectivity index (χ0) is 15.9. The molecule has 0 aliphatic rings. The zero-order valence-corrected chi connectivity index (χ0v) is 12.5. The van der Waals surface area contributed by atoms with E-state index in [0.29, 0.717) is 17.1 Å². The molecule has 0 aliphatic heterocycles. The molecule has 0 fully saturated rings. The minimum absolute atomic E-state index is 0.208. The second-order valence-corrected chi connectivity index (χ2v) is 4.99. The number of nitrogens with one attached hydrogen (secondary N) is 1. The van der Waals surface area contributed by atoms with Gasteiger partial charge in [-0.25, -0.2) is 0 Å². The summed E-state index contributed by atoms with van der Waals surface area (Å²) in [6.45, 7) is 0.527. The first-order valence-corrected chi connectivity index (χ1v) is 6.97. The number of rotatable bonds is 4. The topological polar surface area (TPSA) is 76.3 Å². The van der Waals surface area contributed by atoms with E-state index in [1.165, 1.54) is 12.1 Å². The average Bonchev–Trinajstić information content (AvgIpc) is 2.54. The smallest absolute Gasteiger partial charge is 0.157 e. The predicted molar refractivity (Wildman–Crippen MR) is 89.2 cm³/mol. The summed E-state index contributed by atoms with van der Waals surface area (Å²) in [6.07, 6.45) is 1.56. The fourth-order valence-electron chi connectivity index (χ4n) is 1.82. The third kappa shape index (κ3) is 4.08. The summed E-state index contributed by atoms with van der Waals surface area (Å²) < 4.78 is 0. The maximum absolute atomic E-state index is 9.47. The van der Waals surface area contributed by atoms with E-state index in [9.17, 15) is 15.5 Å². The van der Waals surface area contributed by atoms with Crippen molar-refractivity contribution in [3.63, 3.8) is 0 Å². The summed E-state index contributed by atoms with van der Waals surface area (Å²) >= 11 is 5.22. The van der Waals surface area contributed by atoms with Crippen molar-refractivity contribution < 1.29 is 10.2 Å². The molecular formula is C17H14N2O2S. The van der Waals surface area contributed by atoms with Gasteiger partial charge in [-0.15, -0.1) is 0 Å². The summed E-state index contributed by atoms with van der Waals surface area (Å²) in [6, 6.07) is 16.1. The minimum Gasteiger partial charge on any atom is -0.504 e. The van der Waals surface area contributed by atoms with Crippen molar-refractivity contribution in [2.45, 2.75) is 6.54 Å². The number of hydrogen-bond acceptors (Lipinski definition) is 4. The fraction of sp³-hybridized carbons (Fsp3) is 0.0588. The number of hydrogen-bond donors (Lipinski definition) is 3. The van der Waals surface area contributed by atoms with E-state index in [0.717, 1.165) is 5.56 Å². The SMILES string of the molecule is N#C/C(=C\c1ccc(O)c(O)c1)C(=S)NCc1ccccc1. The van der Waals surface area contributed by atoms with Gasteiger partial charge in [0.25, 0.3) is 0 Å². The Balaban J connectivity index is 2.10. The normalized spacial score (nSPS) is 10.8. The van der Waals surface area contributed by atoms with Crippen LogP contribution in [0, 0.1) is 11.3 Å². The quantitative estimate of drug-likeness (QED) is 0.350. The summed E-state index contributed by atoms with van der Waals surface area (Å²) in [4.78, 5) is 0.332. The van der Waals surface area contributed by atoms with Crippen LogP contribution < -0.4 is 5.32 Å². The van der Waals surface area contributed by atoms with Gasteiger partial charge < -0.3 is 15.5 Å². The Kier molecular flexibility index (Phi) is 5.12. The molecule has 2 rings (SSSR count). The lowest BCUT2D eigenvalue weighted by atomic mass is 10.1. The number of nitrogens with zero attached hydrogens (tertiary/aromatic N) is 1. The molecule has 0 atom stereocenters. The molecule has 22 heavy (non-hydrogen) atoms. The van der Waals surface area contributed by atoms with Crippen molar-refractivity contribution >= 4 is 23.3 Å². The molecule has 0 aliphatic carbocycles. The standard InChI is InChI=1S/C17H14N2O2S/c18-10-14(8-13-6-7-15(20)16(21)9-13)17(22)19-11-12-4-2-1-3-5-12/h1-9,20-21H,11H2,(H,19,22)/b14-8+. The van der Waals surface area contributed by atoms with E-state index in [2.05, 4.69) is 5.32 Å². The molecule has 0 amide bonds. The van der Waals surface area contributed by atoms with Crippen LogP contribution in [0.3, 0.4) is 0 Å². The predicted octanol–water partition coefficient (Wildman–Crippen LogP) is 3.12. The second kappa shape index (κ2) is 7.25. The van der Waals surface area contributed by atoms with Gasteiger partial charge in [-0.3, -0.25) is 0 Å². The lowest BCUT2D eigenvalue weighted by Crippen LogP contribution is -2.22. The van der Waals surface area contributed by atoms with Gasteiger partial charge in [0.15, 0.2) is 11.5 Å². The van der Waals surface area contributed by atoms with E-state index in [-0.39, 0.29) is 17.1 Å². The molecule has 5 heteroatoms. The van der Waals surface area contributed by atoms with E-state index in [1.54, 1.807) is 12.1 Å². The lowest BCUT2D eigenvalue weighted by Gasteiger charge is -2.07. The Morgan fingerprint density at radius 1 is 1.14 bits per heavy atom. The van der Waals surface area contributed by atoms with Crippen LogP contribution in [-0.2, 0) is 6.54 Å². The number of thiocarbonyl (C=S) groups is 1. The van der Waals surface area contributed by atoms with Crippen LogP contribution >= 0.6 is 12.2 Å². The molecule has 2 aromatic rings. The zero-order valence-electron chi connectivity index (χ0n) is 11.7. The van der Waals surface area contributed by atoms with Crippen molar-refractivity contribution in [3.05, 3.63) is 65.2 Å². The highest BCUT2D eigenvalue weighted by molar-refractivity contribution is 7.80. The Labute approximate surface area is 134 Å². The second-order valence-electron chi connectivity index (χ2n) is 4.59. The monoisotopic (exact) mass is 310 g/mol. The van der Waals surface area contributed by atoms with Gasteiger partial charge in [-0.1, -0.05) is 48.6 Å². The van der Waals surface area contributed by atoms with Gasteiger partial charge in [0.05, 0.1) is 5.57 Å². The maximum Gasteiger partial charge on any atom is 0.157 e. The van der Waals surface area contributed by atoms with Crippen LogP contribution in [0.1, 0.15) is 11.1 Å². The van der Waals surface area contributed by atoms with Gasteiger partial charge in [0, 0.05) is 6.54 Å². The van der Waals surface area contributed by atoms with Gasteiger partial charge in [0.1, 0.15) is 11.1 Å². The molecule has 0 aromatic heterocycles. The fourth-order valence-corrected chi connectivity index (χ4v) is 2.00. The van der Waals surface area contributed by atoms with Crippen LogP contribution in [0.2, 0.25) is 0 Å². The van der Waals surface area contributed by atoms with Crippen molar-refractivity contribution in [1.82, 2.24) is 5.32 Å². The molecule has 4 nitrogen and oxygen atoms in total. The molecule has 0 saturated heterocycles. The van der Waals surface area contributed by atoms with Gasteiger partial charge in [-0.2, -0.15) is 5.26 Å². The highest BCUT2D eigenvalue weighted by Crippen LogP contribution is 2.25. The van der Waals surface area contributed by atoms with Crippen molar-refractivity contribution in [3.8, 4) is 17.6 Å². The Morgan fingerprint density at radius 2 is 1.86 bits per heavy atom. The Hall–Kier alpha value is -2.84. The van der Waals surface area contributed by atoms with Crippen LogP contribution in [0.4, 0.5) is 0 Å². The Bertz CT molecular complexity index is 749. The van der Waals surface area contributed by atoms with Crippen molar-refractivity contribution in [1.29, 1.82) is 5.26 Å². The van der Waals surface area contributed by atoms with Crippen molar-refractivity contribution in [2.24, 2.45) is 0 Å². The first-order chi connectivity index (χ1) is 10.6. The molecule has 0 radical (unpaired) electrons. The number of aromatic hydroxyl groups is 2. The first kappa shape index (κ1) is 15.5. The molecule has 0 spiro atoms. The van der Waals surface area contributed by atoms with Crippen molar-refractivity contribution in [2.75, 3.05) is 0 Å². The molecular weight excluding hydrogens is 296 g/mol. The minimum atomic E-state index is -0.241. The largest absolute Gasteiger partial charge is 0.504 e. The van der Waals surface area contributed by atoms with Crippen LogP contribution in [0.25, 0.3) is 6.08 Å².